The van der Waals surface area contributed by atoms with Crippen molar-refractivity contribution < 1.29 is 4.74 Å². The molecule has 0 heterocycles. The highest BCUT2D eigenvalue weighted by atomic mass is 16.5. The van der Waals surface area contributed by atoms with E-state index in [1.165, 1.54) is 0 Å². The number of rotatable bonds is 4. The first-order valence-corrected chi connectivity index (χ1v) is 5.08. The second-order valence-electron chi connectivity index (χ2n) is 4.07. The van der Waals surface area contributed by atoms with Gasteiger partial charge in [0.05, 0.1) is 6.61 Å². The average molecular weight is 193 g/mol. The van der Waals surface area contributed by atoms with Gasteiger partial charge in [-0.2, -0.15) is 0 Å². The molecule has 14 heavy (non-hydrogen) atoms. The fourth-order valence-electron chi connectivity index (χ4n) is 1.15. The summed E-state index contributed by atoms with van der Waals surface area (Å²) >= 11 is 0. The fraction of sp³-hybridized carbons (Fsp3) is 0.500. The fourth-order valence-corrected chi connectivity index (χ4v) is 1.15. The van der Waals surface area contributed by atoms with Crippen molar-refractivity contribution in [3.05, 3.63) is 29.8 Å². The predicted molar refractivity (Wildman–Crippen MR) is 59.4 cm³/mol. The summed E-state index contributed by atoms with van der Waals surface area (Å²) in [7, 11) is 0. The monoisotopic (exact) mass is 193 g/mol. The molecular formula is C12H19NO. The van der Waals surface area contributed by atoms with Crippen LogP contribution in [0.15, 0.2) is 24.3 Å². The minimum atomic E-state index is 0.0672. The first-order valence-electron chi connectivity index (χ1n) is 5.08. The highest BCUT2D eigenvalue weighted by molar-refractivity contribution is 5.30. The van der Waals surface area contributed by atoms with Crippen LogP contribution in [-0.2, 0) is 0 Å². The van der Waals surface area contributed by atoms with Gasteiger partial charge in [-0.3, -0.25) is 0 Å². The third-order valence-electron chi connectivity index (χ3n) is 1.97. The maximum atomic E-state index is 5.78. The number of nitrogens with two attached hydrogens (primary N) is 1. The Morgan fingerprint density at radius 1 is 1.29 bits per heavy atom. The summed E-state index contributed by atoms with van der Waals surface area (Å²) in [5.41, 5.74) is 6.90. The largest absolute Gasteiger partial charge is 0.493 e. The summed E-state index contributed by atoms with van der Waals surface area (Å²) in [6, 6.07) is 8.04. The summed E-state index contributed by atoms with van der Waals surface area (Å²) in [6.45, 7) is 6.99. The molecule has 1 rings (SSSR count). The Morgan fingerprint density at radius 3 is 2.57 bits per heavy atom. The lowest BCUT2D eigenvalue weighted by molar-refractivity contribution is 0.270. The smallest absolute Gasteiger partial charge is 0.119 e. The predicted octanol–water partition coefficient (Wildman–Crippen LogP) is 2.74. The van der Waals surface area contributed by atoms with Gasteiger partial charge in [0.15, 0.2) is 0 Å². The summed E-state index contributed by atoms with van der Waals surface area (Å²) in [5, 5.41) is 0. The van der Waals surface area contributed by atoms with Crippen molar-refractivity contribution in [2.75, 3.05) is 6.61 Å². The lowest BCUT2D eigenvalue weighted by atomic mass is 10.1. The minimum absolute atomic E-state index is 0.0672. The molecule has 0 bridgehead atoms. The Balaban J connectivity index is 2.64. The van der Waals surface area contributed by atoms with Crippen molar-refractivity contribution in [3.8, 4) is 5.75 Å². The van der Waals surface area contributed by atoms with E-state index in [1.807, 2.05) is 31.2 Å². The van der Waals surface area contributed by atoms with E-state index in [-0.39, 0.29) is 6.04 Å². The van der Waals surface area contributed by atoms with E-state index in [4.69, 9.17) is 10.5 Å². The molecular weight excluding hydrogens is 174 g/mol. The molecule has 0 radical (unpaired) electrons. The highest BCUT2D eigenvalue weighted by Gasteiger charge is 2.01. The normalized spacial score (nSPS) is 12.9. The van der Waals surface area contributed by atoms with Gasteiger partial charge >= 0.3 is 0 Å². The number of benzene rings is 1. The number of hydrogen-bond acceptors (Lipinski definition) is 2. The van der Waals surface area contributed by atoms with E-state index in [0.29, 0.717) is 5.92 Å². The van der Waals surface area contributed by atoms with E-state index < -0.39 is 0 Å². The minimum Gasteiger partial charge on any atom is -0.493 e. The Bertz CT molecular complexity index is 281. The Labute approximate surface area is 86.1 Å². The van der Waals surface area contributed by atoms with Gasteiger partial charge in [0.1, 0.15) is 5.75 Å². The summed E-state index contributed by atoms with van der Waals surface area (Å²) < 4.78 is 5.60. The second kappa shape index (κ2) is 5.01. The van der Waals surface area contributed by atoms with Crippen LogP contribution in [0, 0.1) is 5.92 Å². The standard InChI is InChI=1S/C12H19NO/c1-9(2)8-14-12-6-4-5-11(7-12)10(3)13/h4-7,9-10H,8,13H2,1-3H3/t10-/m1/s1. The van der Waals surface area contributed by atoms with Crippen LogP contribution in [0.25, 0.3) is 0 Å². The molecule has 0 aliphatic rings. The topological polar surface area (TPSA) is 35.2 Å². The second-order valence-corrected chi connectivity index (χ2v) is 4.07. The lowest BCUT2D eigenvalue weighted by Crippen LogP contribution is -2.07. The van der Waals surface area contributed by atoms with Crippen molar-refractivity contribution in [2.45, 2.75) is 26.8 Å². The molecule has 2 nitrogen and oxygen atoms in total. The van der Waals surface area contributed by atoms with Gasteiger partial charge in [-0.05, 0) is 30.5 Å². The van der Waals surface area contributed by atoms with Crippen LogP contribution in [0.5, 0.6) is 5.75 Å². The average Bonchev–Trinajstić information content (AvgIpc) is 2.15. The molecule has 2 N–H and O–H groups in total. The number of ether oxygens (including phenoxy) is 1. The van der Waals surface area contributed by atoms with E-state index in [0.717, 1.165) is 17.9 Å². The molecule has 0 aliphatic heterocycles. The van der Waals surface area contributed by atoms with Crippen molar-refractivity contribution in [3.63, 3.8) is 0 Å². The Morgan fingerprint density at radius 2 is 2.00 bits per heavy atom. The zero-order chi connectivity index (χ0) is 10.6. The van der Waals surface area contributed by atoms with Gasteiger partial charge in [0.2, 0.25) is 0 Å². The first kappa shape index (κ1) is 11.1. The van der Waals surface area contributed by atoms with Crippen molar-refractivity contribution in [2.24, 2.45) is 11.7 Å². The van der Waals surface area contributed by atoms with Gasteiger partial charge in [0, 0.05) is 6.04 Å². The molecule has 0 fully saturated rings. The molecule has 0 saturated heterocycles. The van der Waals surface area contributed by atoms with Gasteiger partial charge < -0.3 is 10.5 Å². The molecule has 0 saturated carbocycles. The Kier molecular flexibility index (Phi) is 3.96. The Hall–Kier alpha value is -1.02. The molecule has 0 unspecified atom stereocenters. The molecule has 0 amide bonds. The number of hydrogen-bond donors (Lipinski definition) is 1. The van der Waals surface area contributed by atoms with E-state index in [9.17, 15) is 0 Å². The van der Waals surface area contributed by atoms with Crippen LogP contribution < -0.4 is 10.5 Å². The zero-order valence-corrected chi connectivity index (χ0v) is 9.16. The molecule has 0 aromatic heterocycles. The maximum Gasteiger partial charge on any atom is 0.119 e. The van der Waals surface area contributed by atoms with Gasteiger partial charge in [-0.1, -0.05) is 26.0 Å². The zero-order valence-electron chi connectivity index (χ0n) is 9.16. The molecule has 1 aromatic carbocycles. The molecule has 2 heteroatoms. The van der Waals surface area contributed by atoms with E-state index in [2.05, 4.69) is 13.8 Å². The van der Waals surface area contributed by atoms with Crippen molar-refractivity contribution in [1.82, 2.24) is 0 Å². The van der Waals surface area contributed by atoms with Gasteiger partial charge in [0.25, 0.3) is 0 Å². The third-order valence-corrected chi connectivity index (χ3v) is 1.97. The van der Waals surface area contributed by atoms with Crippen LogP contribution in [0.3, 0.4) is 0 Å². The van der Waals surface area contributed by atoms with Crippen LogP contribution in [0.4, 0.5) is 0 Å². The molecule has 1 atom stereocenters. The van der Waals surface area contributed by atoms with Crippen LogP contribution in [0.2, 0.25) is 0 Å². The third kappa shape index (κ3) is 3.38. The summed E-state index contributed by atoms with van der Waals surface area (Å²) in [5.74, 6) is 1.46. The maximum absolute atomic E-state index is 5.78. The quantitative estimate of drug-likeness (QED) is 0.798. The first-order chi connectivity index (χ1) is 6.59. The SMILES string of the molecule is CC(C)COc1cccc([C@@H](C)N)c1. The van der Waals surface area contributed by atoms with Crippen LogP contribution >= 0.6 is 0 Å². The molecule has 0 aliphatic carbocycles. The molecule has 0 spiro atoms. The van der Waals surface area contributed by atoms with Crippen LogP contribution in [-0.4, -0.2) is 6.61 Å². The lowest BCUT2D eigenvalue weighted by Gasteiger charge is -2.11. The summed E-state index contributed by atoms with van der Waals surface area (Å²) in [4.78, 5) is 0. The van der Waals surface area contributed by atoms with Gasteiger partial charge in [-0.15, -0.1) is 0 Å². The molecule has 1 aromatic rings. The van der Waals surface area contributed by atoms with E-state index >= 15 is 0 Å². The highest BCUT2D eigenvalue weighted by Crippen LogP contribution is 2.17. The summed E-state index contributed by atoms with van der Waals surface area (Å²) in [6.07, 6.45) is 0. The van der Waals surface area contributed by atoms with Crippen LogP contribution in [0.1, 0.15) is 32.4 Å². The van der Waals surface area contributed by atoms with E-state index in [1.54, 1.807) is 0 Å². The van der Waals surface area contributed by atoms with Gasteiger partial charge in [-0.25, -0.2) is 0 Å². The van der Waals surface area contributed by atoms with Crippen molar-refractivity contribution >= 4 is 0 Å². The molecule has 78 valence electrons. The van der Waals surface area contributed by atoms with Crippen molar-refractivity contribution in [1.29, 1.82) is 0 Å².